The fourth-order valence-corrected chi connectivity index (χ4v) is 2.03. The van der Waals surface area contributed by atoms with Crippen LogP contribution >= 0.6 is 0 Å². The molecule has 0 bridgehead atoms. The number of nitrogen functional groups attached to an aromatic ring is 1. The van der Waals surface area contributed by atoms with Crippen molar-refractivity contribution in [3.63, 3.8) is 0 Å². The normalized spacial score (nSPS) is 16.2. The first-order chi connectivity index (χ1) is 9.25. The van der Waals surface area contributed by atoms with Crippen molar-refractivity contribution in [3.05, 3.63) is 29.8 Å². The lowest BCUT2D eigenvalue weighted by atomic mass is 10.2. The van der Waals surface area contributed by atoms with E-state index in [0.717, 1.165) is 50.6 Å². The number of rotatable bonds is 6. The Morgan fingerprint density at radius 1 is 1.26 bits per heavy atom. The van der Waals surface area contributed by atoms with Gasteiger partial charge in [-0.1, -0.05) is 0 Å². The maximum atomic E-state index is 7.31. The van der Waals surface area contributed by atoms with Crippen molar-refractivity contribution in [1.29, 1.82) is 5.41 Å². The van der Waals surface area contributed by atoms with E-state index in [1.54, 1.807) is 12.1 Å². The fraction of sp³-hybridized carbons (Fsp3) is 0.500. The first-order valence-corrected chi connectivity index (χ1v) is 6.63. The number of amidine groups is 1. The van der Waals surface area contributed by atoms with Crippen LogP contribution in [0.2, 0.25) is 0 Å². The first kappa shape index (κ1) is 13.8. The standard InChI is InChI=1S/C14H21N3O2/c15-14(16)12-2-4-13(5-3-12)19-9-1-6-17-7-10-18-11-8-17/h2-5H,1,6-11H2,(H3,15,16). The monoisotopic (exact) mass is 263 g/mol. The fourth-order valence-electron chi connectivity index (χ4n) is 2.03. The summed E-state index contributed by atoms with van der Waals surface area (Å²) < 4.78 is 11.0. The van der Waals surface area contributed by atoms with Gasteiger partial charge in [-0.25, -0.2) is 0 Å². The Morgan fingerprint density at radius 2 is 1.95 bits per heavy atom. The van der Waals surface area contributed by atoms with Crippen molar-refractivity contribution < 1.29 is 9.47 Å². The summed E-state index contributed by atoms with van der Waals surface area (Å²) >= 11 is 0. The van der Waals surface area contributed by atoms with Gasteiger partial charge in [0.1, 0.15) is 11.6 Å². The van der Waals surface area contributed by atoms with E-state index in [9.17, 15) is 0 Å². The predicted molar refractivity (Wildman–Crippen MR) is 74.8 cm³/mol. The van der Waals surface area contributed by atoms with Gasteiger partial charge in [0.2, 0.25) is 0 Å². The second-order valence-electron chi connectivity index (χ2n) is 4.59. The molecular formula is C14H21N3O2. The smallest absolute Gasteiger partial charge is 0.122 e. The van der Waals surface area contributed by atoms with Crippen LogP contribution in [0.25, 0.3) is 0 Å². The molecule has 104 valence electrons. The molecular weight excluding hydrogens is 242 g/mol. The molecule has 0 aromatic heterocycles. The topological polar surface area (TPSA) is 71.6 Å². The number of nitrogens with zero attached hydrogens (tertiary/aromatic N) is 1. The Bertz CT molecular complexity index is 400. The third kappa shape index (κ3) is 4.54. The maximum Gasteiger partial charge on any atom is 0.122 e. The molecule has 5 nitrogen and oxygen atoms in total. The Labute approximate surface area is 113 Å². The molecule has 1 heterocycles. The summed E-state index contributed by atoms with van der Waals surface area (Å²) in [5.41, 5.74) is 6.12. The number of benzene rings is 1. The SMILES string of the molecule is N=C(N)c1ccc(OCCCN2CCOCC2)cc1. The number of hydrogen-bond acceptors (Lipinski definition) is 4. The molecule has 19 heavy (non-hydrogen) atoms. The molecule has 0 saturated carbocycles. The average molecular weight is 263 g/mol. The van der Waals surface area contributed by atoms with Crippen LogP contribution in [-0.2, 0) is 4.74 Å². The number of nitrogens with one attached hydrogen (secondary N) is 1. The van der Waals surface area contributed by atoms with Gasteiger partial charge in [-0.3, -0.25) is 10.3 Å². The van der Waals surface area contributed by atoms with E-state index in [0.29, 0.717) is 6.61 Å². The van der Waals surface area contributed by atoms with Crippen LogP contribution < -0.4 is 10.5 Å². The zero-order chi connectivity index (χ0) is 13.5. The van der Waals surface area contributed by atoms with E-state index in [4.69, 9.17) is 20.6 Å². The van der Waals surface area contributed by atoms with Crippen molar-refractivity contribution in [3.8, 4) is 5.75 Å². The molecule has 0 atom stereocenters. The van der Waals surface area contributed by atoms with E-state index in [1.165, 1.54) is 0 Å². The molecule has 3 N–H and O–H groups in total. The Hall–Kier alpha value is -1.59. The van der Waals surface area contributed by atoms with E-state index in [-0.39, 0.29) is 5.84 Å². The quantitative estimate of drug-likeness (QED) is 0.457. The number of ether oxygens (including phenoxy) is 2. The molecule has 1 saturated heterocycles. The van der Waals surface area contributed by atoms with Crippen LogP contribution in [0, 0.1) is 5.41 Å². The summed E-state index contributed by atoms with van der Waals surface area (Å²) in [6, 6.07) is 7.32. The van der Waals surface area contributed by atoms with Crippen LogP contribution in [0.3, 0.4) is 0 Å². The molecule has 0 spiro atoms. The van der Waals surface area contributed by atoms with Gasteiger partial charge in [-0.15, -0.1) is 0 Å². The van der Waals surface area contributed by atoms with Gasteiger partial charge in [-0.05, 0) is 30.7 Å². The average Bonchev–Trinajstić information content (AvgIpc) is 2.45. The van der Waals surface area contributed by atoms with Crippen LogP contribution in [-0.4, -0.2) is 50.2 Å². The molecule has 2 rings (SSSR count). The summed E-state index contributed by atoms with van der Waals surface area (Å²) in [5.74, 6) is 0.908. The minimum atomic E-state index is 0.0823. The van der Waals surface area contributed by atoms with Gasteiger partial charge in [-0.2, -0.15) is 0 Å². The van der Waals surface area contributed by atoms with Gasteiger partial charge in [0, 0.05) is 25.2 Å². The number of nitrogens with two attached hydrogens (primary N) is 1. The van der Waals surface area contributed by atoms with Crippen LogP contribution in [0.1, 0.15) is 12.0 Å². The second kappa shape index (κ2) is 7.11. The van der Waals surface area contributed by atoms with Gasteiger partial charge in [0.05, 0.1) is 19.8 Å². The zero-order valence-corrected chi connectivity index (χ0v) is 11.1. The molecule has 1 aromatic rings. The summed E-state index contributed by atoms with van der Waals surface area (Å²) in [7, 11) is 0. The molecule has 0 radical (unpaired) electrons. The highest BCUT2D eigenvalue weighted by Crippen LogP contribution is 2.12. The van der Waals surface area contributed by atoms with Gasteiger partial charge in [0.15, 0.2) is 0 Å². The lowest BCUT2D eigenvalue weighted by Crippen LogP contribution is -2.37. The number of morpholine rings is 1. The highest BCUT2D eigenvalue weighted by molar-refractivity contribution is 5.94. The van der Waals surface area contributed by atoms with Crippen LogP contribution in [0.15, 0.2) is 24.3 Å². The second-order valence-corrected chi connectivity index (χ2v) is 4.59. The minimum Gasteiger partial charge on any atom is -0.494 e. The zero-order valence-electron chi connectivity index (χ0n) is 11.1. The Morgan fingerprint density at radius 3 is 2.58 bits per heavy atom. The van der Waals surface area contributed by atoms with Crippen LogP contribution in [0.5, 0.6) is 5.75 Å². The predicted octanol–water partition coefficient (Wildman–Crippen LogP) is 1.07. The Balaban J connectivity index is 1.66. The van der Waals surface area contributed by atoms with E-state index in [2.05, 4.69) is 4.90 Å². The third-order valence-electron chi connectivity index (χ3n) is 3.16. The lowest BCUT2D eigenvalue weighted by Gasteiger charge is -2.26. The van der Waals surface area contributed by atoms with Crippen molar-refractivity contribution in [1.82, 2.24) is 4.90 Å². The molecule has 1 aromatic carbocycles. The number of hydrogen-bond donors (Lipinski definition) is 2. The van der Waals surface area contributed by atoms with Crippen molar-refractivity contribution in [2.45, 2.75) is 6.42 Å². The molecule has 1 fully saturated rings. The maximum absolute atomic E-state index is 7.31. The van der Waals surface area contributed by atoms with E-state index < -0.39 is 0 Å². The van der Waals surface area contributed by atoms with E-state index in [1.807, 2.05) is 12.1 Å². The summed E-state index contributed by atoms with van der Waals surface area (Å²) in [4.78, 5) is 2.39. The third-order valence-corrected chi connectivity index (χ3v) is 3.16. The molecule has 5 heteroatoms. The first-order valence-electron chi connectivity index (χ1n) is 6.63. The molecule has 0 aliphatic carbocycles. The van der Waals surface area contributed by atoms with Gasteiger partial charge >= 0.3 is 0 Å². The van der Waals surface area contributed by atoms with Gasteiger partial charge in [0.25, 0.3) is 0 Å². The molecule has 0 unspecified atom stereocenters. The van der Waals surface area contributed by atoms with Crippen molar-refractivity contribution in [2.75, 3.05) is 39.5 Å². The molecule has 1 aliphatic heterocycles. The molecule has 1 aliphatic rings. The van der Waals surface area contributed by atoms with Crippen molar-refractivity contribution >= 4 is 5.84 Å². The minimum absolute atomic E-state index is 0.0823. The van der Waals surface area contributed by atoms with Crippen molar-refractivity contribution in [2.24, 2.45) is 5.73 Å². The Kier molecular flexibility index (Phi) is 5.18. The summed E-state index contributed by atoms with van der Waals surface area (Å²) in [6.07, 6.45) is 1.01. The van der Waals surface area contributed by atoms with E-state index >= 15 is 0 Å². The van der Waals surface area contributed by atoms with Gasteiger partial charge < -0.3 is 15.2 Å². The lowest BCUT2D eigenvalue weighted by molar-refractivity contribution is 0.0358. The summed E-state index contributed by atoms with van der Waals surface area (Å²) in [6.45, 7) is 5.48. The largest absolute Gasteiger partial charge is 0.494 e. The highest BCUT2D eigenvalue weighted by Gasteiger charge is 2.09. The molecule has 0 amide bonds. The highest BCUT2D eigenvalue weighted by atomic mass is 16.5. The summed E-state index contributed by atoms with van der Waals surface area (Å²) in [5, 5.41) is 7.31. The van der Waals surface area contributed by atoms with Crippen LogP contribution in [0.4, 0.5) is 0 Å².